The number of pyridine rings is 2. The molecule has 3 aromatic heterocycles. The van der Waals surface area contributed by atoms with Crippen LogP contribution in [0, 0.1) is 0 Å². The van der Waals surface area contributed by atoms with Crippen molar-refractivity contribution >= 4 is 38.8 Å². The van der Waals surface area contributed by atoms with E-state index in [0.29, 0.717) is 17.0 Å². The number of nitrogens with two attached hydrogens (primary N) is 1. The Hall–Kier alpha value is -2.64. The Morgan fingerprint density at radius 1 is 1.08 bits per heavy atom. The summed E-state index contributed by atoms with van der Waals surface area (Å²) in [7, 11) is 0. The maximum atomic E-state index is 5.87. The molecule has 0 saturated carbocycles. The molecule has 0 spiro atoms. The molecule has 0 aliphatic rings. The summed E-state index contributed by atoms with van der Waals surface area (Å²) in [6, 6.07) is 15.6. The molecule has 25 heavy (non-hydrogen) atoms. The Labute approximate surface area is 157 Å². The van der Waals surface area contributed by atoms with Crippen molar-refractivity contribution in [3.63, 3.8) is 0 Å². The summed E-state index contributed by atoms with van der Waals surface area (Å²) in [4.78, 5) is 9.07. The normalized spacial score (nSPS) is 10.9. The predicted octanol–water partition coefficient (Wildman–Crippen LogP) is 3.86. The number of aromatic nitrogens is 4. The average Bonchev–Trinajstić information content (AvgIpc) is 3.06. The number of hydrogen-bond acceptors (Lipinski definition) is 4. The van der Waals surface area contributed by atoms with Crippen LogP contribution >= 0.6 is 28.1 Å². The predicted molar refractivity (Wildman–Crippen MR) is 105 cm³/mol. The van der Waals surface area contributed by atoms with Crippen molar-refractivity contribution in [2.24, 2.45) is 5.73 Å². The molecule has 0 saturated heterocycles. The first-order valence-electron chi connectivity index (χ1n) is 7.49. The van der Waals surface area contributed by atoms with Crippen LogP contribution in [0.25, 0.3) is 28.3 Å². The van der Waals surface area contributed by atoms with E-state index >= 15 is 0 Å². The lowest BCUT2D eigenvalue weighted by molar-refractivity contribution is 0.972. The molecule has 0 amide bonds. The fourth-order valence-corrected chi connectivity index (χ4v) is 3.20. The summed E-state index contributed by atoms with van der Waals surface area (Å²) in [6.45, 7) is 0. The van der Waals surface area contributed by atoms with Gasteiger partial charge < -0.3 is 5.73 Å². The highest BCUT2D eigenvalue weighted by Gasteiger charge is 2.15. The molecular weight excluding hydrogens is 398 g/mol. The van der Waals surface area contributed by atoms with Gasteiger partial charge >= 0.3 is 0 Å². The number of nitrogens with zero attached hydrogens (tertiary/aromatic N) is 4. The first kappa shape index (κ1) is 15.9. The smallest absolute Gasteiger partial charge is 0.183 e. The number of halogens is 1. The quantitative estimate of drug-likeness (QED) is 0.520. The Morgan fingerprint density at radius 3 is 2.64 bits per heavy atom. The Balaban J connectivity index is 2.01. The lowest BCUT2D eigenvalue weighted by atomic mass is 10.1. The number of hydrogen-bond donors (Lipinski definition) is 1. The van der Waals surface area contributed by atoms with Crippen LogP contribution in [0.3, 0.4) is 0 Å². The highest BCUT2D eigenvalue weighted by Crippen LogP contribution is 2.26. The Morgan fingerprint density at radius 2 is 1.92 bits per heavy atom. The van der Waals surface area contributed by atoms with Crippen LogP contribution in [-0.4, -0.2) is 24.6 Å². The summed E-state index contributed by atoms with van der Waals surface area (Å²) in [5, 5.41) is 4.67. The van der Waals surface area contributed by atoms with Crippen molar-refractivity contribution in [2.45, 2.75) is 0 Å². The molecular formula is C18H12BrN5S. The van der Waals surface area contributed by atoms with Crippen molar-refractivity contribution < 1.29 is 0 Å². The van der Waals surface area contributed by atoms with Gasteiger partial charge in [-0.2, -0.15) is 0 Å². The second-order valence-electron chi connectivity index (χ2n) is 5.42. The molecule has 5 nitrogen and oxygen atoms in total. The largest absolute Gasteiger partial charge is 0.389 e. The third kappa shape index (κ3) is 2.92. The summed E-state index contributed by atoms with van der Waals surface area (Å²) in [5.41, 5.74) is 9.94. The second kappa shape index (κ2) is 6.34. The van der Waals surface area contributed by atoms with Gasteiger partial charge in [0.05, 0.1) is 11.3 Å². The van der Waals surface area contributed by atoms with Gasteiger partial charge in [-0.05, 0) is 36.4 Å². The molecule has 1 aromatic carbocycles. The molecule has 7 heteroatoms. The monoisotopic (exact) mass is 409 g/mol. The molecule has 0 aliphatic heterocycles. The van der Waals surface area contributed by atoms with Crippen LogP contribution in [0.2, 0.25) is 0 Å². The first-order valence-corrected chi connectivity index (χ1v) is 8.69. The molecule has 0 bridgehead atoms. The maximum Gasteiger partial charge on any atom is 0.183 e. The summed E-state index contributed by atoms with van der Waals surface area (Å²) in [5.74, 6) is 0.577. The Bertz CT molecular complexity index is 1090. The van der Waals surface area contributed by atoms with Gasteiger partial charge in [0, 0.05) is 28.0 Å². The average molecular weight is 410 g/mol. The van der Waals surface area contributed by atoms with Gasteiger partial charge in [0.25, 0.3) is 0 Å². The molecule has 3 heterocycles. The molecule has 0 fully saturated rings. The fraction of sp³-hybridized carbons (Fsp3) is 0. The van der Waals surface area contributed by atoms with Gasteiger partial charge in [0.15, 0.2) is 11.5 Å². The van der Waals surface area contributed by atoms with Crippen molar-refractivity contribution in [3.8, 4) is 22.6 Å². The van der Waals surface area contributed by atoms with E-state index in [-0.39, 0.29) is 4.99 Å². The van der Waals surface area contributed by atoms with Gasteiger partial charge in [-0.25, -0.2) is 9.50 Å². The van der Waals surface area contributed by atoms with Crippen LogP contribution in [0.5, 0.6) is 0 Å². The minimum Gasteiger partial charge on any atom is -0.389 e. The van der Waals surface area contributed by atoms with Crippen LogP contribution in [0.15, 0.2) is 65.4 Å². The lowest BCUT2D eigenvalue weighted by Crippen LogP contribution is -2.12. The van der Waals surface area contributed by atoms with E-state index in [1.807, 2.05) is 48.5 Å². The third-order valence-corrected chi connectivity index (χ3v) is 4.50. The molecule has 2 N–H and O–H groups in total. The minimum atomic E-state index is 0.288. The van der Waals surface area contributed by atoms with E-state index in [0.717, 1.165) is 21.3 Å². The zero-order valence-electron chi connectivity index (χ0n) is 12.9. The van der Waals surface area contributed by atoms with Crippen LogP contribution < -0.4 is 5.73 Å². The highest BCUT2D eigenvalue weighted by atomic mass is 79.9. The van der Waals surface area contributed by atoms with E-state index in [4.69, 9.17) is 18.0 Å². The van der Waals surface area contributed by atoms with E-state index in [1.165, 1.54) is 0 Å². The van der Waals surface area contributed by atoms with Crippen LogP contribution in [0.4, 0.5) is 0 Å². The van der Waals surface area contributed by atoms with E-state index < -0.39 is 0 Å². The third-order valence-electron chi connectivity index (χ3n) is 3.79. The van der Waals surface area contributed by atoms with Gasteiger partial charge in [0.1, 0.15) is 4.99 Å². The van der Waals surface area contributed by atoms with Gasteiger partial charge in [-0.15, -0.1) is 5.10 Å². The van der Waals surface area contributed by atoms with E-state index in [1.54, 1.807) is 16.9 Å². The first-order chi connectivity index (χ1) is 12.1. The van der Waals surface area contributed by atoms with E-state index in [9.17, 15) is 0 Å². The number of thiocarbonyl (C=S) groups is 1. The summed E-state index contributed by atoms with van der Waals surface area (Å²) < 4.78 is 2.77. The zero-order valence-corrected chi connectivity index (χ0v) is 15.3. The van der Waals surface area contributed by atoms with Crippen molar-refractivity contribution in [1.29, 1.82) is 0 Å². The molecule has 4 aromatic rings. The van der Waals surface area contributed by atoms with Gasteiger partial charge in [-0.1, -0.05) is 40.3 Å². The number of benzene rings is 1. The summed E-state index contributed by atoms with van der Waals surface area (Å²) in [6.07, 6.45) is 3.45. The lowest BCUT2D eigenvalue weighted by Gasteiger charge is -2.07. The zero-order chi connectivity index (χ0) is 17.4. The van der Waals surface area contributed by atoms with Gasteiger partial charge in [0.2, 0.25) is 0 Å². The molecule has 0 radical (unpaired) electrons. The molecule has 4 rings (SSSR count). The standard InChI is InChI=1S/C18H12BrN5S/c19-13-5-1-3-11(9-13)15-7-6-14(16(20)25)18-22-17(23-24(15)18)12-4-2-8-21-10-12/h1-10H,(H2,20,25). The topological polar surface area (TPSA) is 69.1 Å². The van der Waals surface area contributed by atoms with Crippen LogP contribution in [-0.2, 0) is 0 Å². The minimum absolute atomic E-state index is 0.288. The second-order valence-corrected chi connectivity index (χ2v) is 6.77. The SMILES string of the molecule is NC(=S)c1ccc(-c2cccc(Br)c2)n2nc(-c3cccnc3)nc12. The van der Waals surface area contributed by atoms with Gasteiger partial charge in [-0.3, -0.25) is 4.98 Å². The summed E-state index contributed by atoms with van der Waals surface area (Å²) >= 11 is 8.68. The molecule has 0 unspecified atom stereocenters. The van der Waals surface area contributed by atoms with Crippen molar-refractivity contribution in [1.82, 2.24) is 19.6 Å². The molecule has 0 atom stereocenters. The number of rotatable bonds is 3. The molecule has 0 aliphatic carbocycles. The fourth-order valence-electron chi connectivity index (χ4n) is 2.64. The van der Waals surface area contributed by atoms with Crippen molar-refractivity contribution in [2.75, 3.05) is 0 Å². The number of fused-ring (bicyclic) bond motifs is 1. The molecule has 122 valence electrons. The highest BCUT2D eigenvalue weighted by molar-refractivity contribution is 9.10. The van der Waals surface area contributed by atoms with E-state index in [2.05, 4.69) is 31.0 Å². The van der Waals surface area contributed by atoms with Crippen LogP contribution in [0.1, 0.15) is 5.56 Å². The maximum absolute atomic E-state index is 5.87. The van der Waals surface area contributed by atoms with Crippen molar-refractivity contribution in [3.05, 3.63) is 71.0 Å². The Kier molecular flexibility index (Phi) is 4.03.